The van der Waals surface area contributed by atoms with Gasteiger partial charge >= 0.3 is 0 Å². The first-order valence-corrected chi connectivity index (χ1v) is 6.83. The van der Waals surface area contributed by atoms with Crippen LogP contribution in [-0.4, -0.2) is 18.9 Å². The van der Waals surface area contributed by atoms with E-state index in [4.69, 9.17) is 4.74 Å². The molecule has 0 heterocycles. The summed E-state index contributed by atoms with van der Waals surface area (Å²) in [4.78, 5) is 23.3. The maximum absolute atomic E-state index is 12.2. The minimum atomic E-state index is -0.217. The third-order valence-corrected chi connectivity index (χ3v) is 3.08. The number of aryl methyl sites for hydroxylation is 1. The molecule has 0 aromatic heterocycles. The molecule has 0 saturated heterocycles. The van der Waals surface area contributed by atoms with Gasteiger partial charge in [0, 0.05) is 24.2 Å². The number of anilines is 2. The van der Waals surface area contributed by atoms with Gasteiger partial charge in [0.1, 0.15) is 5.75 Å². The molecule has 2 rings (SSSR count). The van der Waals surface area contributed by atoms with Crippen LogP contribution in [0.3, 0.4) is 0 Å². The molecule has 0 unspecified atom stereocenters. The molecule has 0 spiro atoms. The molecule has 0 radical (unpaired) electrons. The summed E-state index contributed by atoms with van der Waals surface area (Å²) in [6, 6.07) is 12.3. The molecule has 0 fully saturated rings. The van der Waals surface area contributed by atoms with E-state index in [-0.39, 0.29) is 11.8 Å². The molecular weight excluding hydrogens is 280 g/mol. The molecule has 2 aromatic carbocycles. The number of ether oxygens (including phenoxy) is 1. The van der Waals surface area contributed by atoms with Crippen LogP contribution >= 0.6 is 0 Å². The Morgan fingerprint density at radius 2 is 1.68 bits per heavy atom. The van der Waals surface area contributed by atoms with Crippen molar-refractivity contribution in [3.63, 3.8) is 0 Å². The lowest BCUT2D eigenvalue weighted by Gasteiger charge is -2.12. The second kappa shape index (κ2) is 6.76. The molecule has 22 heavy (non-hydrogen) atoms. The van der Waals surface area contributed by atoms with Gasteiger partial charge in [-0.1, -0.05) is 17.7 Å². The molecule has 114 valence electrons. The van der Waals surface area contributed by atoms with Crippen molar-refractivity contribution in [2.75, 3.05) is 17.7 Å². The second-order valence-corrected chi connectivity index (χ2v) is 4.92. The average molecular weight is 298 g/mol. The standard InChI is InChI=1S/C17H18N2O3/c1-11-4-6-13(7-5-11)17(21)19-15-9-8-14(18-12(2)20)10-16(15)22-3/h4-10H,1-3H3,(H,18,20)(H,19,21). The van der Waals surface area contributed by atoms with Crippen molar-refractivity contribution >= 4 is 23.2 Å². The van der Waals surface area contributed by atoms with Crippen molar-refractivity contribution in [3.05, 3.63) is 53.6 Å². The Morgan fingerprint density at radius 1 is 1.00 bits per heavy atom. The monoisotopic (exact) mass is 298 g/mol. The number of amides is 2. The Morgan fingerprint density at radius 3 is 2.27 bits per heavy atom. The minimum Gasteiger partial charge on any atom is -0.494 e. The van der Waals surface area contributed by atoms with Crippen LogP contribution < -0.4 is 15.4 Å². The zero-order valence-electron chi connectivity index (χ0n) is 12.8. The predicted molar refractivity (Wildman–Crippen MR) is 86.4 cm³/mol. The van der Waals surface area contributed by atoms with Crippen molar-refractivity contribution in [1.82, 2.24) is 0 Å². The van der Waals surface area contributed by atoms with E-state index in [0.29, 0.717) is 22.7 Å². The minimum absolute atomic E-state index is 0.168. The average Bonchev–Trinajstić information content (AvgIpc) is 2.48. The number of benzene rings is 2. The molecule has 0 aliphatic carbocycles. The molecule has 0 saturated carbocycles. The van der Waals surface area contributed by atoms with Crippen molar-refractivity contribution in [1.29, 1.82) is 0 Å². The van der Waals surface area contributed by atoms with Gasteiger partial charge in [0.05, 0.1) is 12.8 Å². The highest BCUT2D eigenvalue weighted by molar-refractivity contribution is 6.05. The van der Waals surface area contributed by atoms with Crippen LogP contribution in [0.5, 0.6) is 5.75 Å². The van der Waals surface area contributed by atoms with Crippen molar-refractivity contribution in [3.8, 4) is 5.75 Å². The van der Waals surface area contributed by atoms with Crippen molar-refractivity contribution in [2.24, 2.45) is 0 Å². The summed E-state index contributed by atoms with van der Waals surface area (Å²) >= 11 is 0. The van der Waals surface area contributed by atoms with Gasteiger partial charge in [-0.15, -0.1) is 0 Å². The van der Waals surface area contributed by atoms with Crippen LogP contribution in [0, 0.1) is 6.92 Å². The predicted octanol–water partition coefficient (Wildman–Crippen LogP) is 3.21. The Bertz CT molecular complexity index is 694. The molecule has 2 aromatic rings. The van der Waals surface area contributed by atoms with Gasteiger partial charge in [-0.05, 0) is 31.2 Å². The first kappa shape index (κ1) is 15.6. The quantitative estimate of drug-likeness (QED) is 0.910. The Labute approximate surface area is 129 Å². The molecule has 5 heteroatoms. The number of carbonyl (C=O) groups excluding carboxylic acids is 2. The number of carbonyl (C=O) groups is 2. The van der Waals surface area contributed by atoms with E-state index < -0.39 is 0 Å². The van der Waals surface area contributed by atoms with Crippen LogP contribution in [0.15, 0.2) is 42.5 Å². The molecule has 0 bridgehead atoms. The summed E-state index contributed by atoms with van der Waals surface area (Å²) < 4.78 is 5.26. The van der Waals surface area contributed by atoms with E-state index in [1.165, 1.54) is 14.0 Å². The van der Waals surface area contributed by atoms with E-state index in [2.05, 4.69) is 10.6 Å². The number of nitrogens with one attached hydrogen (secondary N) is 2. The highest BCUT2D eigenvalue weighted by atomic mass is 16.5. The fourth-order valence-corrected chi connectivity index (χ4v) is 1.97. The molecular formula is C17H18N2O3. The molecule has 0 atom stereocenters. The summed E-state index contributed by atoms with van der Waals surface area (Å²) in [6.07, 6.45) is 0. The Kier molecular flexibility index (Phi) is 4.78. The highest BCUT2D eigenvalue weighted by Crippen LogP contribution is 2.28. The van der Waals surface area contributed by atoms with E-state index in [0.717, 1.165) is 5.56 Å². The van der Waals surface area contributed by atoms with E-state index >= 15 is 0 Å². The van der Waals surface area contributed by atoms with Gasteiger partial charge < -0.3 is 15.4 Å². The van der Waals surface area contributed by atoms with E-state index in [9.17, 15) is 9.59 Å². The lowest BCUT2D eigenvalue weighted by molar-refractivity contribution is -0.114. The van der Waals surface area contributed by atoms with Crippen LogP contribution in [-0.2, 0) is 4.79 Å². The van der Waals surface area contributed by atoms with Gasteiger partial charge in [-0.2, -0.15) is 0 Å². The third-order valence-electron chi connectivity index (χ3n) is 3.08. The van der Waals surface area contributed by atoms with Gasteiger partial charge in [-0.25, -0.2) is 0 Å². The molecule has 2 amide bonds. The number of hydrogen-bond acceptors (Lipinski definition) is 3. The summed E-state index contributed by atoms with van der Waals surface area (Å²) in [5.41, 5.74) is 2.81. The van der Waals surface area contributed by atoms with Gasteiger partial charge in [0.2, 0.25) is 5.91 Å². The Balaban J connectivity index is 2.19. The smallest absolute Gasteiger partial charge is 0.255 e. The largest absolute Gasteiger partial charge is 0.494 e. The summed E-state index contributed by atoms with van der Waals surface area (Å²) in [5, 5.41) is 5.47. The summed E-state index contributed by atoms with van der Waals surface area (Å²) in [5.74, 6) is 0.0933. The normalized spacial score (nSPS) is 9.95. The zero-order valence-corrected chi connectivity index (χ0v) is 12.8. The SMILES string of the molecule is COc1cc(NC(C)=O)ccc1NC(=O)c1ccc(C)cc1. The zero-order chi connectivity index (χ0) is 16.1. The van der Waals surface area contributed by atoms with Crippen LogP contribution in [0.2, 0.25) is 0 Å². The maximum Gasteiger partial charge on any atom is 0.255 e. The van der Waals surface area contributed by atoms with Crippen molar-refractivity contribution in [2.45, 2.75) is 13.8 Å². The van der Waals surface area contributed by atoms with Gasteiger partial charge in [0.15, 0.2) is 0 Å². The topological polar surface area (TPSA) is 67.4 Å². The van der Waals surface area contributed by atoms with Crippen LogP contribution in [0.25, 0.3) is 0 Å². The highest BCUT2D eigenvalue weighted by Gasteiger charge is 2.10. The lowest BCUT2D eigenvalue weighted by Crippen LogP contribution is -2.13. The first-order valence-electron chi connectivity index (χ1n) is 6.83. The number of rotatable bonds is 4. The second-order valence-electron chi connectivity index (χ2n) is 4.92. The van der Waals surface area contributed by atoms with Crippen LogP contribution in [0.1, 0.15) is 22.8 Å². The fourth-order valence-electron chi connectivity index (χ4n) is 1.97. The van der Waals surface area contributed by atoms with Crippen LogP contribution in [0.4, 0.5) is 11.4 Å². The fraction of sp³-hybridized carbons (Fsp3) is 0.176. The maximum atomic E-state index is 12.2. The van der Waals surface area contributed by atoms with E-state index in [1.54, 1.807) is 30.3 Å². The number of methoxy groups -OCH3 is 1. The summed E-state index contributed by atoms with van der Waals surface area (Å²) in [7, 11) is 1.51. The Hall–Kier alpha value is -2.82. The molecule has 0 aliphatic rings. The summed E-state index contributed by atoms with van der Waals surface area (Å²) in [6.45, 7) is 3.39. The number of hydrogen-bond donors (Lipinski definition) is 2. The van der Waals surface area contributed by atoms with Gasteiger partial charge in [-0.3, -0.25) is 9.59 Å². The van der Waals surface area contributed by atoms with Gasteiger partial charge in [0.25, 0.3) is 5.91 Å². The van der Waals surface area contributed by atoms with E-state index in [1.807, 2.05) is 19.1 Å². The molecule has 2 N–H and O–H groups in total. The van der Waals surface area contributed by atoms with Crippen molar-refractivity contribution < 1.29 is 14.3 Å². The lowest BCUT2D eigenvalue weighted by atomic mass is 10.1. The molecule has 5 nitrogen and oxygen atoms in total. The first-order chi connectivity index (χ1) is 10.5. The third kappa shape index (κ3) is 3.85. The molecule has 0 aliphatic heterocycles.